The molecule has 2 unspecified atom stereocenters. The summed E-state index contributed by atoms with van der Waals surface area (Å²) in [6, 6.07) is 5.80. The second kappa shape index (κ2) is 6.75. The minimum Gasteiger partial charge on any atom is -0.480 e. The number of urea groups is 1. The summed E-state index contributed by atoms with van der Waals surface area (Å²) in [6.07, 6.45) is 0.515. The van der Waals surface area contributed by atoms with Crippen LogP contribution in [0.1, 0.15) is 31.9 Å². The minimum absolute atomic E-state index is 0.0938. The van der Waals surface area contributed by atoms with E-state index in [0.717, 1.165) is 5.56 Å². The first-order valence-corrected chi connectivity index (χ1v) is 6.09. The monoisotopic (exact) mass is 265 g/mol. The quantitative estimate of drug-likeness (QED) is 0.628. The number of hydrogen-bond donors (Lipinski definition) is 4. The summed E-state index contributed by atoms with van der Waals surface area (Å²) in [5.41, 5.74) is 6.56. The van der Waals surface area contributed by atoms with Crippen molar-refractivity contribution in [2.75, 3.05) is 5.32 Å². The number of carboxylic acid groups (broad SMARTS) is 1. The number of carbonyl (C=O) groups is 2. The van der Waals surface area contributed by atoms with Crippen LogP contribution in [0.4, 0.5) is 10.5 Å². The fourth-order valence-corrected chi connectivity index (χ4v) is 1.76. The fourth-order valence-electron chi connectivity index (χ4n) is 1.76. The van der Waals surface area contributed by atoms with Gasteiger partial charge >= 0.3 is 12.0 Å². The van der Waals surface area contributed by atoms with E-state index in [-0.39, 0.29) is 6.04 Å². The van der Waals surface area contributed by atoms with E-state index in [4.69, 9.17) is 10.8 Å². The highest BCUT2D eigenvalue weighted by atomic mass is 16.4. The molecule has 0 heterocycles. The maximum Gasteiger partial charge on any atom is 0.320 e. The van der Waals surface area contributed by atoms with Gasteiger partial charge in [-0.2, -0.15) is 0 Å². The van der Waals surface area contributed by atoms with E-state index in [9.17, 15) is 9.59 Å². The van der Waals surface area contributed by atoms with Crippen molar-refractivity contribution >= 4 is 17.7 Å². The molecule has 1 aromatic rings. The van der Waals surface area contributed by atoms with Gasteiger partial charge in [0.2, 0.25) is 0 Å². The van der Waals surface area contributed by atoms with Crippen LogP contribution in [-0.2, 0) is 4.79 Å². The van der Waals surface area contributed by atoms with Crippen molar-refractivity contribution in [1.82, 2.24) is 5.32 Å². The number of primary amides is 1. The molecule has 0 bridgehead atoms. The smallest absolute Gasteiger partial charge is 0.320 e. The van der Waals surface area contributed by atoms with Gasteiger partial charge in [0.05, 0.1) is 0 Å². The van der Waals surface area contributed by atoms with Gasteiger partial charge in [0.25, 0.3) is 0 Å². The van der Waals surface area contributed by atoms with Crippen LogP contribution in [0.3, 0.4) is 0 Å². The lowest BCUT2D eigenvalue weighted by Crippen LogP contribution is -2.37. The number of hydrogen-bond acceptors (Lipinski definition) is 3. The Morgan fingerprint density at radius 2 is 1.89 bits per heavy atom. The van der Waals surface area contributed by atoms with Crippen LogP contribution in [0.2, 0.25) is 0 Å². The van der Waals surface area contributed by atoms with Crippen LogP contribution >= 0.6 is 0 Å². The highest BCUT2D eigenvalue weighted by molar-refractivity contribution is 5.87. The molecule has 2 atom stereocenters. The van der Waals surface area contributed by atoms with Crippen molar-refractivity contribution in [3.8, 4) is 0 Å². The van der Waals surface area contributed by atoms with Crippen LogP contribution in [0.5, 0.6) is 0 Å². The molecule has 0 saturated carbocycles. The Labute approximate surface area is 112 Å². The van der Waals surface area contributed by atoms with Gasteiger partial charge in [-0.25, -0.2) is 4.79 Å². The molecular weight excluding hydrogens is 246 g/mol. The number of nitrogens with two attached hydrogens (primary N) is 1. The summed E-state index contributed by atoms with van der Waals surface area (Å²) in [5.74, 6) is -0.860. The Kier molecular flexibility index (Phi) is 5.32. The number of carbonyl (C=O) groups excluding carboxylic acids is 1. The first-order valence-electron chi connectivity index (χ1n) is 6.09. The topological polar surface area (TPSA) is 104 Å². The first-order chi connectivity index (χ1) is 8.93. The molecule has 0 radical (unpaired) electrons. The summed E-state index contributed by atoms with van der Waals surface area (Å²) in [4.78, 5) is 21.6. The highest BCUT2D eigenvalue weighted by Gasteiger charge is 2.17. The molecule has 6 nitrogen and oxygen atoms in total. The predicted molar refractivity (Wildman–Crippen MR) is 72.9 cm³/mol. The molecule has 1 aromatic carbocycles. The van der Waals surface area contributed by atoms with Gasteiger partial charge in [-0.3, -0.25) is 10.1 Å². The molecule has 0 aliphatic heterocycles. The predicted octanol–water partition coefficient (Wildman–Crippen LogP) is 1.69. The lowest BCUT2D eigenvalue weighted by molar-refractivity contribution is -0.139. The molecular formula is C13H19N3O3. The van der Waals surface area contributed by atoms with E-state index >= 15 is 0 Å². The van der Waals surface area contributed by atoms with Gasteiger partial charge in [-0.05, 0) is 31.0 Å². The van der Waals surface area contributed by atoms with E-state index in [0.29, 0.717) is 12.1 Å². The fraction of sp³-hybridized carbons (Fsp3) is 0.385. The third-order valence-corrected chi connectivity index (χ3v) is 2.84. The number of benzene rings is 1. The zero-order valence-electron chi connectivity index (χ0n) is 11.0. The van der Waals surface area contributed by atoms with Crippen LogP contribution in [-0.4, -0.2) is 23.1 Å². The molecule has 5 N–H and O–H groups in total. The molecule has 0 fully saturated rings. The molecule has 0 aliphatic carbocycles. The van der Waals surface area contributed by atoms with Crippen molar-refractivity contribution in [3.05, 3.63) is 29.8 Å². The lowest BCUT2D eigenvalue weighted by atomic mass is 10.1. The van der Waals surface area contributed by atoms with E-state index < -0.39 is 18.0 Å². The number of amides is 2. The minimum atomic E-state index is -0.860. The van der Waals surface area contributed by atoms with Gasteiger partial charge in [0.15, 0.2) is 0 Å². The van der Waals surface area contributed by atoms with Crippen LogP contribution in [0.25, 0.3) is 0 Å². The SMILES string of the molecule is CCC(NC(C)c1ccc(NC(N)=O)cc1)C(=O)O. The van der Waals surface area contributed by atoms with Gasteiger partial charge in [-0.15, -0.1) is 0 Å². The molecule has 6 heteroatoms. The van der Waals surface area contributed by atoms with E-state index in [1.54, 1.807) is 12.1 Å². The molecule has 19 heavy (non-hydrogen) atoms. The Bertz CT molecular complexity index is 445. The van der Waals surface area contributed by atoms with Crippen molar-refractivity contribution < 1.29 is 14.7 Å². The van der Waals surface area contributed by atoms with Gasteiger partial charge in [-0.1, -0.05) is 19.1 Å². The van der Waals surface area contributed by atoms with Gasteiger partial charge < -0.3 is 16.2 Å². The Morgan fingerprint density at radius 1 is 1.32 bits per heavy atom. The molecule has 0 saturated heterocycles. The second-order valence-electron chi connectivity index (χ2n) is 4.30. The van der Waals surface area contributed by atoms with Gasteiger partial charge in [0.1, 0.15) is 6.04 Å². The Balaban J connectivity index is 2.69. The number of aliphatic carboxylic acids is 1. The summed E-state index contributed by atoms with van der Waals surface area (Å²) in [6.45, 7) is 3.71. The molecule has 104 valence electrons. The number of rotatable bonds is 6. The van der Waals surface area contributed by atoms with Crippen LogP contribution < -0.4 is 16.4 Å². The summed E-state index contributed by atoms with van der Waals surface area (Å²) < 4.78 is 0. The third kappa shape index (κ3) is 4.59. The average molecular weight is 265 g/mol. The maximum absolute atomic E-state index is 10.9. The molecule has 0 spiro atoms. The van der Waals surface area contributed by atoms with Gasteiger partial charge in [0, 0.05) is 11.7 Å². The van der Waals surface area contributed by atoms with Crippen LogP contribution in [0.15, 0.2) is 24.3 Å². The summed E-state index contributed by atoms with van der Waals surface area (Å²) in [5, 5.41) is 14.5. The van der Waals surface area contributed by atoms with Crippen molar-refractivity contribution in [1.29, 1.82) is 0 Å². The second-order valence-corrected chi connectivity index (χ2v) is 4.30. The average Bonchev–Trinajstić information content (AvgIpc) is 2.35. The zero-order valence-corrected chi connectivity index (χ0v) is 11.0. The number of anilines is 1. The number of carboxylic acids is 1. The standard InChI is InChI=1S/C13H19N3O3/c1-3-11(12(17)18)15-8(2)9-4-6-10(7-5-9)16-13(14)19/h4-8,11,15H,3H2,1-2H3,(H,17,18)(H3,14,16,19). The van der Waals surface area contributed by atoms with E-state index in [1.807, 2.05) is 26.0 Å². The third-order valence-electron chi connectivity index (χ3n) is 2.84. The van der Waals surface area contributed by atoms with E-state index in [1.165, 1.54) is 0 Å². The van der Waals surface area contributed by atoms with Crippen molar-refractivity contribution in [2.24, 2.45) is 5.73 Å². The lowest BCUT2D eigenvalue weighted by Gasteiger charge is -2.19. The van der Waals surface area contributed by atoms with Crippen LogP contribution in [0, 0.1) is 0 Å². The molecule has 0 aliphatic rings. The van der Waals surface area contributed by atoms with Crippen molar-refractivity contribution in [2.45, 2.75) is 32.4 Å². The van der Waals surface area contributed by atoms with E-state index in [2.05, 4.69) is 10.6 Å². The first kappa shape index (κ1) is 15.0. The summed E-state index contributed by atoms with van der Waals surface area (Å²) >= 11 is 0. The Hall–Kier alpha value is -2.08. The molecule has 2 amide bonds. The molecule has 0 aromatic heterocycles. The summed E-state index contributed by atoms with van der Waals surface area (Å²) in [7, 11) is 0. The highest BCUT2D eigenvalue weighted by Crippen LogP contribution is 2.17. The zero-order chi connectivity index (χ0) is 14.4. The number of nitrogens with one attached hydrogen (secondary N) is 2. The largest absolute Gasteiger partial charge is 0.480 e. The van der Waals surface area contributed by atoms with Crippen molar-refractivity contribution in [3.63, 3.8) is 0 Å². The Morgan fingerprint density at radius 3 is 2.32 bits per heavy atom. The normalized spacial score (nSPS) is 13.6. The maximum atomic E-state index is 10.9. The molecule has 1 rings (SSSR count).